The van der Waals surface area contributed by atoms with Gasteiger partial charge in [0.15, 0.2) is 0 Å². The Balaban J connectivity index is 1.95. The number of hydrogen-bond acceptors (Lipinski definition) is 3. The van der Waals surface area contributed by atoms with E-state index in [0.29, 0.717) is 18.8 Å². The Hall–Kier alpha value is -2.90. The van der Waals surface area contributed by atoms with Gasteiger partial charge >= 0.3 is 6.18 Å². The average molecular weight is 421 g/mol. The molecule has 3 rings (SSSR count). The third kappa shape index (κ3) is 4.47. The molecule has 1 aliphatic heterocycles. The van der Waals surface area contributed by atoms with Gasteiger partial charge in [-0.2, -0.15) is 13.2 Å². The van der Waals surface area contributed by atoms with Crippen LogP contribution in [0.3, 0.4) is 0 Å². The molecule has 1 N–H and O–H groups in total. The van der Waals surface area contributed by atoms with Gasteiger partial charge in [-0.1, -0.05) is 19.9 Å². The lowest BCUT2D eigenvalue weighted by Crippen LogP contribution is -2.27. The van der Waals surface area contributed by atoms with Gasteiger partial charge in [0.25, 0.3) is 0 Å². The molecule has 0 saturated carbocycles. The van der Waals surface area contributed by atoms with E-state index in [1.54, 1.807) is 11.0 Å². The summed E-state index contributed by atoms with van der Waals surface area (Å²) in [6, 6.07) is 8.13. The number of nitrogens with zero attached hydrogens (tertiary/aromatic N) is 2. The fourth-order valence-electron chi connectivity index (χ4n) is 3.61. The standard InChI is InChI=1S/C22H23F4N3O/c1-3-10-29(11-4-2)19-9-8-14(12-16(19)22(24,25)26)27-13-15-20-17(23)6-5-7-18(20)28-21(15)30/h5-9,12-13,15H,3-4,10-11H2,1-2H3,(H,28,30). The quantitative estimate of drug-likeness (QED) is 0.446. The molecule has 2 aromatic rings. The minimum Gasteiger partial charge on any atom is -0.371 e. The summed E-state index contributed by atoms with van der Waals surface area (Å²) in [7, 11) is 0. The first kappa shape index (κ1) is 21.8. The minimum atomic E-state index is -4.55. The molecule has 2 aromatic carbocycles. The van der Waals surface area contributed by atoms with Gasteiger partial charge in [0.2, 0.25) is 5.91 Å². The number of carbonyl (C=O) groups excluding carboxylic acids is 1. The van der Waals surface area contributed by atoms with Crippen LogP contribution in [0.2, 0.25) is 0 Å². The van der Waals surface area contributed by atoms with Crippen LogP contribution in [0.15, 0.2) is 41.4 Å². The van der Waals surface area contributed by atoms with Gasteiger partial charge in [-0.25, -0.2) is 4.39 Å². The number of rotatable bonds is 7. The van der Waals surface area contributed by atoms with Gasteiger partial charge in [0.1, 0.15) is 11.7 Å². The van der Waals surface area contributed by atoms with Crippen LogP contribution in [0.1, 0.15) is 43.7 Å². The fraction of sp³-hybridized carbons (Fsp3) is 0.364. The Labute approximate surface area is 172 Å². The maximum atomic E-state index is 14.1. The molecule has 30 heavy (non-hydrogen) atoms. The van der Waals surface area contributed by atoms with Gasteiger partial charge in [-0.15, -0.1) is 0 Å². The molecule has 1 atom stereocenters. The van der Waals surface area contributed by atoms with Crippen molar-refractivity contribution in [3.05, 3.63) is 53.3 Å². The second-order valence-electron chi connectivity index (χ2n) is 7.13. The van der Waals surface area contributed by atoms with E-state index in [2.05, 4.69) is 10.3 Å². The molecular weight excluding hydrogens is 398 g/mol. The van der Waals surface area contributed by atoms with E-state index in [9.17, 15) is 22.4 Å². The molecule has 160 valence electrons. The molecular formula is C22H23F4N3O. The van der Waals surface area contributed by atoms with Gasteiger partial charge in [-0.3, -0.25) is 9.79 Å². The van der Waals surface area contributed by atoms with E-state index in [0.717, 1.165) is 18.9 Å². The van der Waals surface area contributed by atoms with Crippen molar-refractivity contribution in [1.82, 2.24) is 0 Å². The zero-order valence-electron chi connectivity index (χ0n) is 16.8. The lowest BCUT2D eigenvalue weighted by Gasteiger charge is -2.27. The van der Waals surface area contributed by atoms with E-state index >= 15 is 0 Å². The number of carbonyl (C=O) groups is 1. The zero-order valence-corrected chi connectivity index (χ0v) is 16.8. The molecule has 0 aromatic heterocycles. The normalized spacial score (nSPS) is 16.1. The lowest BCUT2D eigenvalue weighted by molar-refractivity contribution is -0.137. The minimum absolute atomic E-state index is 0.0524. The molecule has 1 unspecified atom stereocenters. The van der Waals surface area contributed by atoms with E-state index in [1.807, 2.05) is 13.8 Å². The summed E-state index contributed by atoms with van der Waals surface area (Å²) >= 11 is 0. The highest BCUT2D eigenvalue weighted by Crippen LogP contribution is 2.39. The highest BCUT2D eigenvalue weighted by atomic mass is 19.4. The van der Waals surface area contributed by atoms with Crippen LogP contribution in [0.25, 0.3) is 0 Å². The van der Waals surface area contributed by atoms with Crippen molar-refractivity contribution < 1.29 is 22.4 Å². The number of aliphatic imine (C=N–C) groups is 1. The topological polar surface area (TPSA) is 44.7 Å². The maximum Gasteiger partial charge on any atom is 0.418 e. The number of amides is 1. The Morgan fingerprint density at radius 2 is 1.83 bits per heavy atom. The van der Waals surface area contributed by atoms with Gasteiger partial charge in [0, 0.05) is 36.2 Å². The molecule has 0 aliphatic carbocycles. The van der Waals surface area contributed by atoms with Crippen LogP contribution in [0.4, 0.5) is 34.6 Å². The first-order valence-electron chi connectivity index (χ1n) is 9.85. The molecule has 0 saturated heterocycles. The summed E-state index contributed by atoms with van der Waals surface area (Å²) in [5, 5.41) is 2.56. The van der Waals surface area contributed by atoms with Crippen LogP contribution in [-0.4, -0.2) is 25.2 Å². The highest BCUT2D eigenvalue weighted by Gasteiger charge is 2.35. The van der Waals surface area contributed by atoms with Crippen molar-refractivity contribution in [3.8, 4) is 0 Å². The monoisotopic (exact) mass is 421 g/mol. The molecule has 4 nitrogen and oxygen atoms in total. The molecule has 0 bridgehead atoms. The number of halogens is 4. The van der Waals surface area contributed by atoms with Gasteiger partial charge in [-0.05, 0) is 43.2 Å². The summed E-state index contributed by atoms with van der Waals surface area (Å²) in [5.41, 5.74) is -0.119. The summed E-state index contributed by atoms with van der Waals surface area (Å²) in [6.45, 7) is 4.85. The number of alkyl halides is 3. The van der Waals surface area contributed by atoms with Crippen molar-refractivity contribution >= 4 is 29.2 Å². The van der Waals surface area contributed by atoms with E-state index in [4.69, 9.17) is 0 Å². The predicted molar refractivity (Wildman–Crippen MR) is 110 cm³/mol. The molecule has 0 radical (unpaired) electrons. The molecule has 8 heteroatoms. The number of benzene rings is 2. The number of fused-ring (bicyclic) bond motifs is 1. The first-order chi connectivity index (χ1) is 14.3. The second kappa shape index (κ2) is 8.85. The summed E-state index contributed by atoms with van der Waals surface area (Å²) in [5.74, 6) is -2.03. The SMILES string of the molecule is CCCN(CCC)c1ccc(N=CC2C(=O)Nc3cccc(F)c32)cc1C(F)(F)F. The van der Waals surface area contributed by atoms with Gasteiger partial charge in [0.05, 0.1) is 11.3 Å². The predicted octanol–water partition coefficient (Wildman–Crippen LogP) is 5.91. The Kier molecular flexibility index (Phi) is 6.43. The van der Waals surface area contributed by atoms with Gasteiger partial charge < -0.3 is 10.2 Å². The highest BCUT2D eigenvalue weighted by molar-refractivity contribution is 6.12. The first-order valence-corrected chi connectivity index (χ1v) is 9.85. The zero-order chi connectivity index (χ0) is 21.9. The van der Waals surface area contributed by atoms with E-state index < -0.39 is 29.4 Å². The van der Waals surface area contributed by atoms with Crippen LogP contribution >= 0.6 is 0 Å². The summed E-state index contributed by atoms with van der Waals surface area (Å²) in [4.78, 5) is 18.0. The smallest absolute Gasteiger partial charge is 0.371 e. The lowest BCUT2D eigenvalue weighted by atomic mass is 10.0. The van der Waals surface area contributed by atoms with Crippen LogP contribution < -0.4 is 10.2 Å². The van der Waals surface area contributed by atoms with Crippen LogP contribution in [-0.2, 0) is 11.0 Å². The molecule has 0 fully saturated rings. The fourth-order valence-corrected chi connectivity index (χ4v) is 3.61. The van der Waals surface area contributed by atoms with Crippen molar-refractivity contribution in [1.29, 1.82) is 0 Å². The molecule has 0 spiro atoms. The van der Waals surface area contributed by atoms with Crippen molar-refractivity contribution in [2.75, 3.05) is 23.3 Å². The summed E-state index contributed by atoms with van der Waals surface area (Å²) in [6.07, 6.45) is -1.92. The molecule has 1 heterocycles. The average Bonchev–Trinajstić information content (AvgIpc) is 3.02. The third-order valence-electron chi connectivity index (χ3n) is 4.89. The van der Waals surface area contributed by atoms with Crippen LogP contribution in [0.5, 0.6) is 0 Å². The second-order valence-corrected chi connectivity index (χ2v) is 7.13. The third-order valence-corrected chi connectivity index (χ3v) is 4.89. The van der Waals surface area contributed by atoms with Crippen molar-refractivity contribution in [2.24, 2.45) is 4.99 Å². The van der Waals surface area contributed by atoms with E-state index in [-0.39, 0.29) is 16.9 Å². The maximum absolute atomic E-state index is 14.1. The van der Waals surface area contributed by atoms with Crippen LogP contribution in [0, 0.1) is 5.82 Å². The molecule has 1 aliphatic rings. The molecule has 1 amide bonds. The Bertz CT molecular complexity index is 950. The van der Waals surface area contributed by atoms with Crippen molar-refractivity contribution in [2.45, 2.75) is 38.8 Å². The Morgan fingerprint density at radius 3 is 2.47 bits per heavy atom. The number of anilines is 2. The summed E-state index contributed by atoms with van der Waals surface area (Å²) < 4.78 is 55.3. The Morgan fingerprint density at radius 1 is 1.13 bits per heavy atom. The number of hydrogen-bond donors (Lipinski definition) is 1. The number of nitrogens with one attached hydrogen (secondary N) is 1. The van der Waals surface area contributed by atoms with E-state index in [1.165, 1.54) is 30.5 Å². The largest absolute Gasteiger partial charge is 0.418 e. The van der Waals surface area contributed by atoms with Crippen molar-refractivity contribution in [3.63, 3.8) is 0 Å².